The molecule has 17 heavy (non-hydrogen) atoms. The monoisotopic (exact) mass is 240 g/mol. The molecule has 4 nitrogen and oxygen atoms in total. The van der Waals surface area contributed by atoms with E-state index in [-0.39, 0.29) is 29.5 Å². The maximum absolute atomic E-state index is 11.8. The van der Waals surface area contributed by atoms with E-state index in [9.17, 15) is 4.79 Å². The van der Waals surface area contributed by atoms with Gasteiger partial charge in [0.1, 0.15) is 0 Å². The molecule has 1 aliphatic carbocycles. The van der Waals surface area contributed by atoms with Crippen molar-refractivity contribution in [2.75, 3.05) is 6.61 Å². The fourth-order valence-corrected chi connectivity index (χ4v) is 2.67. The van der Waals surface area contributed by atoms with Crippen LogP contribution in [0.1, 0.15) is 40.0 Å². The van der Waals surface area contributed by atoms with E-state index in [2.05, 4.69) is 26.1 Å². The molecule has 0 bridgehead atoms. The van der Waals surface area contributed by atoms with Crippen LogP contribution in [0.25, 0.3) is 0 Å². The first-order chi connectivity index (χ1) is 7.88. The lowest BCUT2D eigenvalue weighted by Gasteiger charge is -2.45. The topological polar surface area (TPSA) is 64.4 Å². The molecule has 0 aromatic carbocycles. The highest BCUT2D eigenvalue weighted by atomic mass is 16.5. The van der Waals surface area contributed by atoms with Crippen molar-refractivity contribution in [3.05, 3.63) is 0 Å². The second-order valence-corrected chi connectivity index (χ2v) is 6.52. The number of nitrogens with two attached hydrogens (primary N) is 1. The van der Waals surface area contributed by atoms with Crippen LogP contribution in [0.3, 0.4) is 0 Å². The van der Waals surface area contributed by atoms with Gasteiger partial charge in [-0.05, 0) is 18.3 Å². The van der Waals surface area contributed by atoms with Gasteiger partial charge in [-0.3, -0.25) is 4.79 Å². The Morgan fingerprint density at radius 3 is 2.82 bits per heavy atom. The summed E-state index contributed by atoms with van der Waals surface area (Å²) in [5.74, 6) is 0.567. The Hall–Kier alpha value is -0.610. The molecule has 1 saturated carbocycles. The number of rotatable bonds is 3. The van der Waals surface area contributed by atoms with Gasteiger partial charge in [0.05, 0.1) is 12.1 Å². The molecule has 2 rings (SSSR count). The Morgan fingerprint density at radius 1 is 1.47 bits per heavy atom. The second-order valence-electron chi connectivity index (χ2n) is 6.52. The molecular formula is C13H24N2O2. The van der Waals surface area contributed by atoms with Crippen LogP contribution in [0, 0.1) is 11.3 Å². The van der Waals surface area contributed by atoms with Gasteiger partial charge in [0.25, 0.3) is 0 Å². The molecular weight excluding hydrogens is 216 g/mol. The van der Waals surface area contributed by atoms with Crippen LogP contribution in [-0.4, -0.2) is 30.7 Å². The zero-order chi connectivity index (χ0) is 12.6. The number of amides is 1. The summed E-state index contributed by atoms with van der Waals surface area (Å²) in [5.41, 5.74) is 6.24. The van der Waals surface area contributed by atoms with Crippen molar-refractivity contribution in [2.45, 2.75) is 58.2 Å². The highest BCUT2D eigenvalue weighted by Gasteiger charge is 2.52. The number of hydrogen-bond donors (Lipinski definition) is 2. The smallest absolute Gasteiger partial charge is 0.220 e. The number of nitrogens with one attached hydrogen (secondary N) is 1. The fraction of sp³-hybridized carbons (Fsp3) is 0.923. The summed E-state index contributed by atoms with van der Waals surface area (Å²) >= 11 is 0. The minimum Gasteiger partial charge on any atom is -0.376 e. The predicted molar refractivity (Wildman–Crippen MR) is 66.4 cm³/mol. The first-order valence-electron chi connectivity index (χ1n) is 6.55. The van der Waals surface area contributed by atoms with Gasteiger partial charge in [-0.1, -0.05) is 20.8 Å². The summed E-state index contributed by atoms with van der Waals surface area (Å²) in [4.78, 5) is 11.8. The van der Waals surface area contributed by atoms with Gasteiger partial charge in [-0.15, -0.1) is 0 Å². The summed E-state index contributed by atoms with van der Waals surface area (Å²) in [6.45, 7) is 7.22. The minimum absolute atomic E-state index is 0.0370. The number of carbonyl (C=O) groups is 1. The van der Waals surface area contributed by atoms with Gasteiger partial charge in [-0.2, -0.15) is 0 Å². The van der Waals surface area contributed by atoms with E-state index in [0.717, 1.165) is 19.4 Å². The van der Waals surface area contributed by atoms with Crippen LogP contribution in [-0.2, 0) is 9.53 Å². The molecule has 2 fully saturated rings. The molecule has 0 aromatic rings. The number of ether oxygens (including phenoxy) is 1. The maximum Gasteiger partial charge on any atom is 0.220 e. The fourth-order valence-electron chi connectivity index (χ4n) is 2.67. The highest BCUT2D eigenvalue weighted by Crippen LogP contribution is 2.37. The van der Waals surface area contributed by atoms with Crippen molar-refractivity contribution in [3.8, 4) is 0 Å². The first-order valence-corrected chi connectivity index (χ1v) is 6.55. The molecule has 1 amide bonds. The molecule has 98 valence electrons. The van der Waals surface area contributed by atoms with E-state index < -0.39 is 0 Å². The Labute approximate surface area is 103 Å². The summed E-state index contributed by atoms with van der Waals surface area (Å²) in [5, 5.41) is 3.02. The zero-order valence-corrected chi connectivity index (χ0v) is 11.0. The largest absolute Gasteiger partial charge is 0.376 e. The van der Waals surface area contributed by atoms with Gasteiger partial charge < -0.3 is 15.8 Å². The molecule has 3 N–H and O–H groups in total. The molecule has 4 unspecified atom stereocenters. The molecule has 0 spiro atoms. The summed E-state index contributed by atoms with van der Waals surface area (Å²) in [6.07, 6.45) is 2.68. The van der Waals surface area contributed by atoms with E-state index in [1.807, 2.05) is 0 Å². The average Bonchev–Trinajstić information content (AvgIpc) is 2.66. The van der Waals surface area contributed by atoms with Crippen LogP contribution in [0.5, 0.6) is 0 Å². The van der Waals surface area contributed by atoms with E-state index in [4.69, 9.17) is 10.5 Å². The molecule has 1 heterocycles. The highest BCUT2D eigenvalue weighted by molar-refractivity contribution is 5.76. The molecule has 0 aromatic heterocycles. The van der Waals surface area contributed by atoms with Crippen LogP contribution in [0.15, 0.2) is 0 Å². The van der Waals surface area contributed by atoms with E-state index >= 15 is 0 Å². The lowest BCUT2D eigenvalue weighted by atomic mass is 9.72. The molecule has 4 heteroatoms. The average molecular weight is 240 g/mol. The quantitative estimate of drug-likeness (QED) is 0.775. The Kier molecular flexibility index (Phi) is 3.46. The van der Waals surface area contributed by atoms with Crippen LogP contribution >= 0.6 is 0 Å². The summed E-state index contributed by atoms with van der Waals surface area (Å²) < 4.78 is 5.59. The molecule has 4 atom stereocenters. The minimum atomic E-state index is 0.0370. The standard InChI is InChI=1S/C13H24N2O2/c1-13(2,3)6-4-9(16)15-11-10(14)8-5-7-17-12(8)11/h8,10-12H,4-7,14H2,1-3H3,(H,15,16). The zero-order valence-electron chi connectivity index (χ0n) is 11.0. The van der Waals surface area contributed by atoms with E-state index in [0.29, 0.717) is 12.3 Å². The van der Waals surface area contributed by atoms with Crippen molar-refractivity contribution in [2.24, 2.45) is 17.1 Å². The van der Waals surface area contributed by atoms with Crippen LogP contribution in [0.4, 0.5) is 0 Å². The molecule has 2 aliphatic rings. The van der Waals surface area contributed by atoms with Gasteiger partial charge in [-0.25, -0.2) is 0 Å². The van der Waals surface area contributed by atoms with Gasteiger partial charge in [0, 0.05) is 25.0 Å². The van der Waals surface area contributed by atoms with Crippen molar-refractivity contribution in [1.82, 2.24) is 5.32 Å². The third-order valence-electron chi connectivity index (χ3n) is 3.88. The number of hydrogen-bond acceptors (Lipinski definition) is 3. The normalized spacial score (nSPS) is 36.2. The Bertz CT molecular complexity index is 298. The van der Waals surface area contributed by atoms with Gasteiger partial charge >= 0.3 is 0 Å². The van der Waals surface area contributed by atoms with Crippen molar-refractivity contribution >= 4 is 5.91 Å². The maximum atomic E-state index is 11.8. The van der Waals surface area contributed by atoms with Gasteiger partial charge in [0.15, 0.2) is 0 Å². The van der Waals surface area contributed by atoms with Crippen molar-refractivity contribution < 1.29 is 9.53 Å². The molecule has 1 aliphatic heterocycles. The second kappa shape index (κ2) is 4.58. The Morgan fingerprint density at radius 2 is 2.18 bits per heavy atom. The summed E-state index contributed by atoms with van der Waals surface area (Å²) in [6, 6.07) is 0.121. The third kappa shape index (κ3) is 2.80. The lowest BCUT2D eigenvalue weighted by Crippen LogP contribution is -2.68. The summed E-state index contributed by atoms with van der Waals surface area (Å²) in [7, 11) is 0. The number of carbonyl (C=O) groups excluding carboxylic acids is 1. The molecule has 1 saturated heterocycles. The van der Waals surface area contributed by atoms with Crippen molar-refractivity contribution in [1.29, 1.82) is 0 Å². The van der Waals surface area contributed by atoms with E-state index in [1.54, 1.807) is 0 Å². The third-order valence-corrected chi connectivity index (χ3v) is 3.88. The Balaban J connectivity index is 1.76. The molecule has 0 radical (unpaired) electrons. The van der Waals surface area contributed by atoms with Crippen LogP contribution < -0.4 is 11.1 Å². The first kappa shape index (κ1) is 12.8. The van der Waals surface area contributed by atoms with Crippen molar-refractivity contribution in [3.63, 3.8) is 0 Å². The predicted octanol–water partition coefficient (Wildman–Crippen LogP) is 1.04. The van der Waals surface area contributed by atoms with Crippen LogP contribution in [0.2, 0.25) is 0 Å². The van der Waals surface area contributed by atoms with Gasteiger partial charge in [0.2, 0.25) is 5.91 Å². The number of fused-ring (bicyclic) bond motifs is 1. The SMILES string of the molecule is CC(C)(C)CCC(=O)NC1C(N)C2CCOC21. The lowest BCUT2D eigenvalue weighted by molar-refractivity contribution is -0.126. The van der Waals surface area contributed by atoms with E-state index in [1.165, 1.54) is 0 Å².